The summed E-state index contributed by atoms with van der Waals surface area (Å²) in [5.41, 5.74) is 1.19. The number of carbonyl (C=O) groups excluding carboxylic acids is 3. The van der Waals surface area contributed by atoms with Gasteiger partial charge in [-0.05, 0) is 44.2 Å². The van der Waals surface area contributed by atoms with E-state index >= 15 is 0 Å². The molecule has 1 aromatic rings. The molecule has 2 fully saturated rings. The Morgan fingerprint density at radius 1 is 0.935 bits per heavy atom. The number of amides is 3. The first-order chi connectivity index (χ1) is 14.7. The van der Waals surface area contributed by atoms with E-state index < -0.39 is 5.41 Å². The molecule has 6 nitrogen and oxygen atoms in total. The van der Waals surface area contributed by atoms with E-state index in [0.29, 0.717) is 12.1 Å². The summed E-state index contributed by atoms with van der Waals surface area (Å²) in [4.78, 5) is 40.4. The highest BCUT2D eigenvalue weighted by atomic mass is 16.2. The van der Waals surface area contributed by atoms with Crippen LogP contribution in [0, 0.1) is 18.3 Å². The predicted octanol–water partition coefficient (Wildman–Crippen LogP) is 3.44. The van der Waals surface area contributed by atoms with E-state index in [1.807, 2.05) is 56.9 Å². The Bertz CT molecular complexity index is 814. The number of nitrogens with one attached hydrogen (secondary N) is 2. The molecule has 1 heterocycles. The zero-order valence-electron chi connectivity index (χ0n) is 19.4. The quantitative estimate of drug-likeness (QED) is 0.773. The van der Waals surface area contributed by atoms with Gasteiger partial charge in [0.2, 0.25) is 11.8 Å². The van der Waals surface area contributed by atoms with Crippen LogP contribution in [0.3, 0.4) is 0 Å². The minimum absolute atomic E-state index is 0.00782. The molecule has 2 aliphatic rings. The highest BCUT2D eigenvalue weighted by Gasteiger charge is 2.35. The number of hydrogen-bond donors (Lipinski definition) is 2. The van der Waals surface area contributed by atoms with Crippen LogP contribution in [-0.2, 0) is 9.59 Å². The lowest BCUT2D eigenvalue weighted by Gasteiger charge is -2.38. The predicted molar refractivity (Wildman–Crippen MR) is 122 cm³/mol. The number of carbonyl (C=O) groups is 3. The third-order valence-electron chi connectivity index (χ3n) is 6.52. The zero-order valence-corrected chi connectivity index (χ0v) is 19.4. The maximum atomic E-state index is 13.1. The Balaban J connectivity index is 1.61. The van der Waals surface area contributed by atoms with Crippen molar-refractivity contribution in [2.45, 2.75) is 78.3 Å². The van der Waals surface area contributed by atoms with Gasteiger partial charge in [0.15, 0.2) is 0 Å². The number of hydrogen-bond acceptors (Lipinski definition) is 3. The van der Waals surface area contributed by atoms with Crippen LogP contribution in [-0.4, -0.2) is 47.8 Å². The summed E-state index contributed by atoms with van der Waals surface area (Å²) in [6.45, 7) is 8.89. The van der Waals surface area contributed by atoms with Crippen molar-refractivity contribution >= 4 is 17.7 Å². The van der Waals surface area contributed by atoms with Crippen LogP contribution < -0.4 is 10.6 Å². The summed E-state index contributed by atoms with van der Waals surface area (Å²) in [7, 11) is 0. The molecule has 1 aromatic carbocycles. The average molecular weight is 428 g/mol. The largest absolute Gasteiger partial charge is 0.351 e. The Morgan fingerprint density at radius 2 is 1.58 bits per heavy atom. The lowest BCUT2D eigenvalue weighted by atomic mass is 9.88. The van der Waals surface area contributed by atoms with Crippen molar-refractivity contribution in [3.63, 3.8) is 0 Å². The van der Waals surface area contributed by atoms with E-state index in [2.05, 4.69) is 10.6 Å². The first-order valence-electron chi connectivity index (χ1n) is 11.6. The van der Waals surface area contributed by atoms with E-state index in [1.54, 1.807) is 0 Å². The van der Waals surface area contributed by atoms with E-state index in [0.717, 1.165) is 50.6 Å². The molecule has 0 aromatic heterocycles. The maximum Gasteiger partial charge on any atom is 0.251 e. The molecule has 0 unspecified atom stereocenters. The monoisotopic (exact) mass is 427 g/mol. The second-order valence-electron chi connectivity index (χ2n) is 10.1. The summed E-state index contributed by atoms with van der Waals surface area (Å²) in [6, 6.07) is 7.43. The van der Waals surface area contributed by atoms with Crippen LogP contribution in [0.5, 0.6) is 0 Å². The van der Waals surface area contributed by atoms with Crippen LogP contribution in [0.25, 0.3) is 0 Å². The molecule has 0 bridgehead atoms. The molecule has 31 heavy (non-hydrogen) atoms. The molecule has 0 radical (unpaired) electrons. The molecule has 6 heteroatoms. The lowest BCUT2D eigenvalue weighted by molar-refractivity contribution is -0.143. The minimum atomic E-state index is -0.438. The van der Waals surface area contributed by atoms with Crippen LogP contribution in [0.4, 0.5) is 0 Å². The summed E-state index contributed by atoms with van der Waals surface area (Å²) in [6.07, 6.45) is 5.46. The Kier molecular flexibility index (Phi) is 7.39. The van der Waals surface area contributed by atoms with Crippen molar-refractivity contribution in [2.24, 2.45) is 11.3 Å². The van der Waals surface area contributed by atoms with Gasteiger partial charge in [0, 0.05) is 36.2 Å². The fraction of sp³-hybridized carbons (Fsp3) is 0.640. The zero-order chi connectivity index (χ0) is 22.6. The molecule has 3 rings (SSSR count). The molecule has 2 N–H and O–H groups in total. The fourth-order valence-corrected chi connectivity index (χ4v) is 4.70. The number of rotatable bonds is 4. The molecule has 3 atom stereocenters. The van der Waals surface area contributed by atoms with Crippen LogP contribution in [0.15, 0.2) is 24.3 Å². The normalized spacial score (nSPS) is 24.4. The van der Waals surface area contributed by atoms with Crippen LogP contribution in [0.2, 0.25) is 0 Å². The van der Waals surface area contributed by atoms with Crippen molar-refractivity contribution in [3.8, 4) is 0 Å². The van der Waals surface area contributed by atoms with Crippen LogP contribution >= 0.6 is 0 Å². The standard InChI is InChI=1S/C25H37N3O3/c1-17-10-5-6-12-19(17)23(30)27-21-14-8-7-13-20(21)26-22(29)18-11-9-15-28(16-18)24(31)25(2,3)4/h5-6,10,12,18,20-21H,7-9,11,13-16H2,1-4H3,(H,26,29)(H,27,30)/t18-,20-,21-/m1/s1. The van der Waals surface area contributed by atoms with Crippen molar-refractivity contribution in [3.05, 3.63) is 35.4 Å². The Labute approximate surface area is 186 Å². The molecule has 1 saturated heterocycles. The molecular weight excluding hydrogens is 390 g/mol. The van der Waals surface area contributed by atoms with Gasteiger partial charge < -0.3 is 15.5 Å². The summed E-state index contributed by atoms with van der Waals surface area (Å²) >= 11 is 0. The number of aryl methyl sites for hydroxylation is 1. The number of nitrogens with zero attached hydrogens (tertiary/aromatic N) is 1. The van der Waals surface area contributed by atoms with Gasteiger partial charge in [0.05, 0.1) is 5.92 Å². The third kappa shape index (κ3) is 5.86. The van der Waals surface area contributed by atoms with E-state index in [-0.39, 0.29) is 35.7 Å². The lowest BCUT2D eigenvalue weighted by Crippen LogP contribution is -2.56. The number of piperidine rings is 1. The Hall–Kier alpha value is -2.37. The van der Waals surface area contributed by atoms with Gasteiger partial charge in [0.25, 0.3) is 5.91 Å². The topological polar surface area (TPSA) is 78.5 Å². The highest BCUT2D eigenvalue weighted by molar-refractivity contribution is 5.95. The van der Waals surface area contributed by atoms with Gasteiger partial charge in [-0.3, -0.25) is 14.4 Å². The van der Waals surface area contributed by atoms with Gasteiger partial charge in [-0.15, -0.1) is 0 Å². The van der Waals surface area contributed by atoms with E-state index in [4.69, 9.17) is 0 Å². The Morgan fingerprint density at radius 3 is 2.23 bits per heavy atom. The smallest absolute Gasteiger partial charge is 0.251 e. The molecule has 0 spiro atoms. The number of likely N-dealkylation sites (tertiary alicyclic amines) is 1. The minimum Gasteiger partial charge on any atom is -0.351 e. The second kappa shape index (κ2) is 9.84. The van der Waals surface area contributed by atoms with Gasteiger partial charge in [0.1, 0.15) is 0 Å². The molecule has 1 aliphatic heterocycles. The fourth-order valence-electron chi connectivity index (χ4n) is 4.70. The van der Waals surface area contributed by atoms with Gasteiger partial charge in [-0.2, -0.15) is 0 Å². The first kappa shape index (κ1) is 23.3. The molecule has 1 aliphatic carbocycles. The molecular formula is C25H37N3O3. The molecule has 3 amide bonds. The van der Waals surface area contributed by atoms with Crippen molar-refractivity contribution in [1.29, 1.82) is 0 Å². The summed E-state index contributed by atoms with van der Waals surface area (Å²) < 4.78 is 0. The van der Waals surface area contributed by atoms with Crippen LogP contribution in [0.1, 0.15) is 75.2 Å². The van der Waals surface area contributed by atoms with Gasteiger partial charge in [-0.1, -0.05) is 51.8 Å². The third-order valence-corrected chi connectivity index (χ3v) is 6.52. The first-order valence-corrected chi connectivity index (χ1v) is 11.6. The summed E-state index contributed by atoms with van der Waals surface area (Å²) in [5.74, 6) is -0.155. The second-order valence-corrected chi connectivity index (χ2v) is 10.1. The molecule has 1 saturated carbocycles. The van der Waals surface area contributed by atoms with Crippen molar-refractivity contribution in [1.82, 2.24) is 15.5 Å². The van der Waals surface area contributed by atoms with Crippen molar-refractivity contribution in [2.75, 3.05) is 13.1 Å². The average Bonchev–Trinajstić information content (AvgIpc) is 2.74. The van der Waals surface area contributed by atoms with E-state index in [9.17, 15) is 14.4 Å². The maximum absolute atomic E-state index is 13.1. The molecule has 170 valence electrons. The SMILES string of the molecule is Cc1ccccc1C(=O)N[C@@H]1CCCC[C@H]1NC(=O)[C@@H]1CCCN(C(=O)C(C)(C)C)C1. The van der Waals surface area contributed by atoms with Gasteiger partial charge >= 0.3 is 0 Å². The highest BCUT2D eigenvalue weighted by Crippen LogP contribution is 2.25. The number of benzene rings is 1. The van der Waals surface area contributed by atoms with E-state index in [1.165, 1.54) is 0 Å². The summed E-state index contributed by atoms with van der Waals surface area (Å²) in [5, 5.41) is 6.38. The van der Waals surface area contributed by atoms with Crippen molar-refractivity contribution < 1.29 is 14.4 Å². The van der Waals surface area contributed by atoms with Gasteiger partial charge in [-0.25, -0.2) is 0 Å².